The Hall–Kier alpha value is -5.58. The first kappa shape index (κ1) is 36.1. The van der Waals surface area contributed by atoms with Crippen molar-refractivity contribution in [1.29, 1.82) is 0 Å². The molecule has 0 bridgehead atoms. The van der Waals surface area contributed by atoms with Gasteiger partial charge >= 0.3 is 6.85 Å². The summed E-state index contributed by atoms with van der Waals surface area (Å²) in [5, 5.41) is 5.39. The predicted octanol–water partition coefficient (Wildman–Crippen LogP) is 14.3. The summed E-state index contributed by atoms with van der Waals surface area (Å²) in [6, 6.07) is 48.2. The van der Waals surface area contributed by atoms with E-state index < -0.39 is 0 Å². The molecule has 0 saturated carbocycles. The van der Waals surface area contributed by atoms with E-state index >= 15 is 0 Å². The summed E-state index contributed by atoms with van der Waals surface area (Å²) < 4.78 is 5.38. The van der Waals surface area contributed by atoms with Crippen molar-refractivity contribution in [2.24, 2.45) is 0 Å². The molecule has 4 heterocycles. The second kappa shape index (κ2) is 11.5. The molecule has 2 aliphatic carbocycles. The van der Waals surface area contributed by atoms with Crippen molar-refractivity contribution >= 4 is 82.5 Å². The lowest BCUT2D eigenvalue weighted by Gasteiger charge is -2.46. The van der Waals surface area contributed by atoms with Crippen molar-refractivity contribution in [2.75, 3.05) is 4.81 Å². The van der Waals surface area contributed by atoms with Crippen LogP contribution in [0.2, 0.25) is 0 Å². The number of hydrogen-bond acceptors (Lipinski definition) is 2. The highest BCUT2D eigenvalue weighted by atomic mass is 32.1. The Labute approximate surface area is 364 Å². The first-order valence-corrected chi connectivity index (χ1v) is 23.2. The van der Waals surface area contributed by atoms with Crippen molar-refractivity contribution in [3.05, 3.63) is 149 Å². The van der Waals surface area contributed by atoms with Gasteiger partial charge in [0.1, 0.15) is 0 Å². The monoisotopic (exact) mass is 806 g/mol. The van der Waals surface area contributed by atoms with E-state index in [0.29, 0.717) is 0 Å². The molecule has 13 rings (SSSR count). The van der Waals surface area contributed by atoms with Gasteiger partial charge < -0.3 is 9.38 Å². The molecule has 4 aliphatic rings. The minimum absolute atomic E-state index is 0.0247. The lowest BCUT2D eigenvalue weighted by atomic mass is 9.43. The summed E-state index contributed by atoms with van der Waals surface area (Å²) in [4.78, 5) is 2.75. The van der Waals surface area contributed by atoms with Crippen LogP contribution in [0.4, 0.5) is 11.4 Å². The number of aromatic nitrogens is 1. The molecule has 0 unspecified atom stereocenters. The molecule has 2 aliphatic heterocycles. The Morgan fingerprint density at radius 2 is 1.26 bits per heavy atom. The van der Waals surface area contributed by atoms with E-state index in [-0.39, 0.29) is 28.5 Å². The van der Waals surface area contributed by atoms with Gasteiger partial charge in [0.25, 0.3) is 0 Å². The summed E-state index contributed by atoms with van der Waals surface area (Å²) in [5.74, 6) is 0. The fourth-order valence-electron chi connectivity index (χ4n) is 12.3. The van der Waals surface area contributed by atoms with Crippen molar-refractivity contribution in [1.82, 2.24) is 4.57 Å². The van der Waals surface area contributed by atoms with Gasteiger partial charge in [0.2, 0.25) is 0 Å². The standard InChI is InChI=1S/C57H51BN2S/c1-54(2,3)32-18-20-33(21-19-32)60-48-30-45-44(55(4,5)24-25-56(45,6)7)27-40(48)36-22-23-37-39-26-38-34-14-10-12-16-42(34)57(8,9)43(38)29-47(39)59-49-31-51-41(35-15-11-13-17-50(35)61-51)28-46(49)58(60)52(36)53(37)59/h10-23,26-31H,24-25H2,1-9H3. The molecule has 7 aromatic carbocycles. The smallest absolute Gasteiger partial charge is 0.333 e. The molecule has 2 nitrogen and oxygen atoms in total. The first-order valence-electron chi connectivity index (χ1n) is 22.4. The summed E-state index contributed by atoms with van der Waals surface area (Å²) in [6.45, 7) is 21.7. The Balaban J connectivity index is 1.21. The Morgan fingerprint density at radius 1 is 0.541 bits per heavy atom. The van der Waals surface area contributed by atoms with Crippen LogP contribution in [0.25, 0.3) is 69.9 Å². The van der Waals surface area contributed by atoms with Crippen LogP contribution in [0.3, 0.4) is 0 Å². The van der Waals surface area contributed by atoms with Gasteiger partial charge in [0, 0.05) is 59.0 Å². The molecule has 9 aromatic rings. The van der Waals surface area contributed by atoms with E-state index in [4.69, 9.17) is 0 Å². The van der Waals surface area contributed by atoms with Crippen LogP contribution in [0.5, 0.6) is 0 Å². The Kier molecular flexibility index (Phi) is 6.78. The highest BCUT2D eigenvalue weighted by Gasteiger charge is 2.47. The Morgan fingerprint density at radius 3 is 2.03 bits per heavy atom. The zero-order valence-corrected chi connectivity index (χ0v) is 37.7. The molecular formula is C57H51BN2S. The number of anilines is 2. The maximum atomic E-state index is 2.75. The fraction of sp³-hybridized carbons (Fsp3) is 0.263. The normalized spacial score (nSPS) is 17.5. The van der Waals surface area contributed by atoms with Gasteiger partial charge in [-0.15, -0.1) is 11.3 Å². The molecule has 0 amide bonds. The summed E-state index contributed by atoms with van der Waals surface area (Å²) in [5.41, 5.74) is 22.2. The number of rotatable bonds is 1. The molecule has 0 atom stereocenters. The number of benzene rings is 7. The third-order valence-electron chi connectivity index (χ3n) is 15.8. The molecule has 0 spiro atoms. The molecule has 0 N–H and O–H groups in total. The highest BCUT2D eigenvalue weighted by molar-refractivity contribution is 7.25. The van der Waals surface area contributed by atoms with Gasteiger partial charge in [-0.3, -0.25) is 0 Å². The van der Waals surface area contributed by atoms with E-state index in [9.17, 15) is 0 Å². The van der Waals surface area contributed by atoms with Gasteiger partial charge in [-0.25, -0.2) is 0 Å². The summed E-state index contributed by atoms with van der Waals surface area (Å²) in [7, 11) is 0. The minimum atomic E-state index is -0.0969. The number of fused-ring (bicyclic) bond motifs is 15. The number of nitrogens with zero attached hydrogens (tertiary/aromatic N) is 2. The topological polar surface area (TPSA) is 8.17 Å². The first-order chi connectivity index (χ1) is 29.1. The summed E-state index contributed by atoms with van der Waals surface area (Å²) >= 11 is 1.93. The van der Waals surface area contributed by atoms with Crippen molar-refractivity contribution in [3.63, 3.8) is 0 Å². The highest BCUT2D eigenvalue weighted by Crippen LogP contribution is 2.55. The Bertz CT molecular complexity index is 3440. The molecule has 0 radical (unpaired) electrons. The molecular weight excluding hydrogens is 756 g/mol. The van der Waals surface area contributed by atoms with Crippen LogP contribution in [-0.4, -0.2) is 11.4 Å². The van der Waals surface area contributed by atoms with E-state index in [0.717, 1.165) is 0 Å². The lowest BCUT2D eigenvalue weighted by Crippen LogP contribution is -2.60. The van der Waals surface area contributed by atoms with Crippen LogP contribution in [0, 0.1) is 0 Å². The van der Waals surface area contributed by atoms with Crippen molar-refractivity contribution < 1.29 is 0 Å². The predicted molar refractivity (Wildman–Crippen MR) is 264 cm³/mol. The number of thiophene rings is 1. The average Bonchev–Trinajstić information content (AvgIpc) is 3.85. The van der Waals surface area contributed by atoms with E-state index in [1.54, 1.807) is 0 Å². The van der Waals surface area contributed by atoms with E-state index in [2.05, 4.69) is 193 Å². The SMILES string of the molecule is CC(C)(C)c1ccc(N2B3c4cc5c(cc4-n4c6cc7c(cc6c6ccc(c3c64)-c3cc4c(cc32)C(C)(C)CCC4(C)C)-c2ccccc2C7(C)C)sc2ccccc25)cc1. The third-order valence-corrected chi connectivity index (χ3v) is 16.9. The largest absolute Gasteiger partial charge is 0.376 e. The van der Waals surface area contributed by atoms with E-state index in [1.807, 2.05) is 11.3 Å². The zero-order chi connectivity index (χ0) is 41.7. The second-order valence-electron chi connectivity index (χ2n) is 21.6. The van der Waals surface area contributed by atoms with Gasteiger partial charge in [-0.05, 0) is 133 Å². The third kappa shape index (κ3) is 4.59. The van der Waals surface area contributed by atoms with Crippen LogP contribution in [-0.2, 0) is 21.7 Å². The van der Waals surface area contributed by atoms with E-state index in [1.165, 1.54) is 133 Å². The van der Waals surface area contributed by atoms with Crippen molar-refractivity contribution in [2.45, 2.75) is 96.8 Å². The summed E-state index contributed by atoms with van der Waals surface area (Å²) in [6.07, 6.45) is 2.37. The fourth-order valence-corrected chi connectivity index (χ4v) is 13.4. The molecule has 2 aromatic heterocycles. The maximum Gasteiger partial charge on any atom is 0.333 e. The molecule has 0 saturated heterocycles. The van der Waals surface area contributed by atoms with Crippen LogP contribution in [0.1, 0.15) is 103 Å². The van der Waals surface area contributed by atoms with Crippen LogP contribution < -0.4 is 15.7 Å². The van der Waals surface area contributed by atoms with Crippen LogP contribution in [0.15, 0.2) is 121 Å². The molecule has 61 heavy (non-hydrogen) atoms. The van der Waals surface area contributed by atoms with Crippen molar-refractivity contribution in [3.8, 4) is 27.9 Å². The van der Waals surface area contributed by atoms with Gasteiger partial charge in [0.15, 0.2) is 0 Å². The minimum Gasteiger partial charge on any atom is -0.376 e. The molecule has 4 heteroatoms. The van der Waals surface area contributed by atoms with Gasteiger partial charge in [-0.1, -0.05) is 135 Å². The molecule has 0 fully saturated rings. The maximum absolute atomic E-state index is 2.75. The van der Waals surface area contributed by atoms with Gasteiger partial charge in [0.05, 0.1) is 11.0 Å². The number of hydrogen-bond donors (Lipinski definition) is 0. The second-order valence-corrected chi connectivity index (χ2v) is 22.7. The van der Waals surface area contributed by atoms with Crippen LogP contribution >= 0.6 is 11.3 Å². The van der Waals surface area contributed by atoms with Gasteiger partial charge in [-0.2, -0.15) is 0 Å². The lowest BCUT2D eigenvalue weighted by molar-refractivity contribution is 0.332. The quantitative estimate of drug-likeness (QED) is 0.150. The average molecular weight is 807 g/mol. The molecule has 298 valence electrons. The zero-order valence-electron chi connectivity index (χ0n) is 36.8.